The molecule has 2 heterocycles. The van der Waals surface area contributed by atoms with Gasteiger partial charge in [-0.2, -0.15) is 0 Å². The molecular formula is C17H29N3O2. The van der Waals surface area contributed by atoms with Gasteiger partial charge in [0.1, 0.15) is 5.76 Å². The van der Waals surface area contributed by atoms with Crippen molar-refractivity contribution in [3.05, 3.63) is 17.0 Å². The summed E-state index contributed by atoms with van der Waals surface area (Å²) >= 11 is 0. The van der Waals surface area contributed by atoms with E-state index < -0.39 is 0 Å². The molecule has 1 aliphatic heterocycles. The molecule has 2 fully saturated rings. The third-order valence-electron chi connectivity index (χ3n) is 5.43. The first-order chi connectivity index (χ1) is 10.6. The summed E-state index contributed by atoms with van der Waals surface area (Å²) in [6, 6.07) is 0.401. The molecule has 3 rings (SSSR count). The van der Waals surface area contributed by atoms with Gasteiger partial charge in [-0.1, -0.05) is 18.0 Å². The number of aliphatic hydroxyl groups excluding tert-OH is 1. The normalized spacial score (nSPS) is 28.1. The molecule has 5 heteroatoms. The minimum atomic E-state index is -0.109. The highest BCUT2D eigenvalue weighted by Gasteiger charge is 2.30. The van der Waals surface area contributed by atoms with Gasteiger partial charge < -0.3 is 14.5 Å². The molecule has 1 N–H and O–H groups in total. The van der Waals surface area contributed by atoms with E-state index in [4.69, 9.17) is 4.52 Å². The Kier molecular flexibility index (Phi) is 5.16. The van der Waals surface area contributed by atoms with Crippen molar-refractivity contribution in [3.63, 3.8) is 0 Å². The van der Waals surface area contributed by atoms with Crippen LogP contribution >= 0.6 is 0 Å². The van der Waals surface area contributed by atoms with Crippen LogP contribution in [0.2, 0.25) is 0 Å². The van der Waals surface area contributed by atoms with Crippen LogP contribution in [0.4, 0.5) is 0 Å². The monoisotopic (exact) mass is 307 g/mol. The van der Waals surface area contributed by atoms with Gasteiger partial charge in [0.15, 0.2) is 0 Å². The number of aryl methyl sites for hydroxylation is 2. The fourth-order valence-corrected chi connectivity index (χ4v) is 3.96. The van der Waals surface area contributed by atoms with Crippen LogP contribution in [0.15, 0.2) is 4.52 Å². The Morgan fingerprint density at radius 2 is 1.86 bits per heavy atom. The molecule has 124 valence electrons. The molecule has 0 spiro atoms. The molecule has 1 saturated heterocycles. The summed E-state index contributed by atoms with van der Waals surface area (Å²) in [5, 5.41) is 14.2. The smallest absolute Gasteiger partial charge is 0.137 e. The molecule has 5 nitrogen and oxygen atoms in total. The van der Waals surface area contributed by atoms with E-state index in [9.17, 15) is 5.11 Å². The number of aliphatic hydroxyl groups is 1. The highest BCUT2D eigenvalue weighted by atomic mass is 16.5. The summed E-state index contributed by atoms with van der Waals surface area (Å²) < 4.78 is 5.24. The second kappa shape index (κ2) is 7.11. The van der Waals surface area contributed by atoms with Gasteiger partial charge in [-0.05, 0) is 33.1 Å². The topological polar surface area (TPSA) is 52.7 Å². The predicted octanol–water partition coefficient (Wildman–Crippen LogP) is 1.76. The number of piperazine rings is 1. The van der Waals surface area contributed by atoms with Crippen LogP contribution in [0.3, 0.4) is 0 Å². The summed E-state index contributed by atoms with van der Waals surface area (Å²) in [5.41, 5.74) is 2.30. The van der Waals surface area contributed by atoms with Gasteiger partial charge in [0.05, 0.1) is 11.8 Å². The SMILES string of the molecule is Cc1noc(C)c1CCN1CCN([C@H]2CCCC[C@@H]2O)CC1. The summed E-state index contributed by atoms with van der Waals surface area (Å²) in [6.07, 6.45) is 5.52. The Morgan fingerprint density at radius 1 is 1.14 bits per heavy atom. The van der Waals surface area contributed by atoms with E-state index in [0.29, 0.717) is 6.04 Å². The minimum absolute atomic E-state index is 0.109. The molecule has 22 heavy (non-hydrogen) atoms. The third-order valence-corrected chi connectivity index (χ3v) is 5.43. The van der Waals surface area contributed by atoms with Crippen molar-refractivity contribution in [1.82, 2.24) is 15.0 Å². The van der Waals surface area contributed by atoms with E-state index in [0.717, 1.165) is 57.0 Å². The van der Waals surface area contributed by atoms with Gasteiger partial charge in [-0.25, -0.2) is 0 Å². The number of hydrogen-bond donors (Lipinski definition) is 1. The molecular weight excluding hydrogens is 278 g/mol. The lowest BCUT2D eigenvalue weighted by Crippen LogP contribution is -2.54. The molecule has 2 aliphatic rings. The van der Waals surface area contributed by atoms with Crippen molar-refractivity contribution in [3.8, 4) is 0 Å². The highest BCUT2D eigenvalue weighted by Crippen LogP contribution is 2.24. The lowest BCUT2D eigenvalue weighted by molar-refractivity contribution is -0.00331. The van der Waals surface area contributed by atoms with E-state index in [1.807, 2.05) is 13.8 Å². The maximum Gasteiger partial charge on any atom is 0.137 e. The quantitative estimate of drug-likeness (QED) is 0.918. The lowest BCUT2D eigenvalue weighted by Gasteiger charge is -2.42. The Labute approximate surface area is 133 Å². The molecule has 2 atom stereocenters. The average Bonchev–Trinajstić information content (AvgIpc) is 2.85. The van der Waals surface area contributed by atoms with Gasteiger partial charge in [0.2, 0.25) is 0 Å². The van der Waals surface area contributed by atoms with Crippen molar-refractivity contribution in [1.29, 1.82) is 0 Å². The van der Waals surface area contributed by atoms with E-state index >= 15 is 0 Å². The summed E-state index contributed by atoms with van der Waals surface area (Å²) in [6.45, 7) is 9.47. The van der Waals surface area contributed by atoms with Gasteiger partial charge in [-0.15, -0.1) is 0 Å². The van der Waals surface area contributed by atoms with Gasteiger partial charge in [0.25, 0.3) is 0 Å². The molecule has 1 saturated carbocycles. The Bertz CT molecular complexity index is 461. The van der Waals surface area contributed by atoms with Crippen LogP contribution in [0, 0.1) is 13.8 Å². The van der Waals surface area contributed by atoms with Crippen molar-refractivity contribution in [2.24, 2.45) is 0 Å². The number of hydrogen-bond acceptors (Lipinski definition) is 5. The summed E-state index contributed by atoms with van der Waals surface area (Å²) in [4.78, 5) is 5.04. The first kappa shape index (κ1) is 16.0. The van der Waals surface area contributed by atoms with Crippen LogP contribution in [0.1, 0.15) is 42.7 Å². The second-order valence-electron chi connectivity index (χ2n) is 6.85. The first-order valence-corrected chi connectivity index (χ1v) is 8.71. The number of rotatable bonds is 4. The number of nitrogens with zero attached hydrogens (tertiary/aromatic N) is 3. The molecule has 0 amide bonds. The average molecular weight is 307 g/mol. The maximum atomic E-state index is 10.2. The van der Waals surface area contributed by atoms with Crippen LogP contribution in [-0.2, 0) is 6.42 Å². The maximum absolute atomic E-state index is 10.2. The Morgan fingerprint density at radius 3 is 2.50 bits per heavy atom. The molecule has 0 unspecified atom stereocenters. The minimum Gasteiger partial charge on any atom is -0.391 e. The van der Waals surface area contributed by atoms with Gasteiger partial charge in [-0.3, -0.25) is 4.90 Å². The largest absolute Gasteiger partial charge is 0.391 e. The van der Waals surface area contributed by atoms with Crippen LogP contribution in [0.25, 0.3) is 0 Å². The summed E-state index contributed by atoms with van der Waals surface area (Å²) in [7, 11) is 0. The molecule has 1 aromatic rings. The van der Waals surface area contributed by atoms with Crippen molar-refractivity contribution in [2.45, 2.75) is 58.1 Å². The molecule has 0 bridgehead atoms. The number of aromatic nitrogens is 1. The molecule has 1 aromatic heterocycles. The van der Waals surface area contributed by atoms with E-state index in [1.165, 1.54) is 24.8 Å². The Balaban J connectivity index is 1.46. The molecule has 1 aliphatic carbocycles. The van der Waals surface area contributed by atoms with E-state index in [2.05, 4.69) is 15.0 Å². The zero-order valence-corrected chi connectivity index (χ0v) is 13.9. The highest BCUT2D eigenvalue weighted by molar-refractivity contribution is 5.21. The zero-order valence-electron chi connectivity index (χ0n) is 13.9. The fraction of sp³-hybridized carbons (Fsp3) is 0.824. The van der Waals surface area contributed by atoms with Crippen molar-refractivity contribution in [2.75, 3.05) is 32.7 Å². The molecule has 0 aromatic carbocycles. The first-order valence-electron chi connectivity index (χ1n) is 8.71. The standard InChI is InChI=1S/C17H29N3O2/c1-13-15(14(2)22-18-13)7-8-19-9-11-20(12-10-19)16-5-3-4-6-17(16)21/h16-17,21H,3-12H2,1-2H3/t16-,17-/m0/s1. The molecule has 0 radical (unpaired) electrons. The lowest BCUT2D eigenvalue weighted by atomic mass is 9.91. The van der Waals surface area contributed by atoms with Crippen LogP contribution < -0.4 is 0 Å². The summed E-state index contributed by atoms with van der Waals surface area (Å²) in [5.74, 6) is 0.960. The predicted molar refractivity (Wildman–Crippen MR) is 86.0 cm³/mol. The van der Waals surface area contributed by atoms with E-state index in [1.54, 1.807) is 0 Å². The van der Waals surface area contributed by atoms with Crippen LogP contribution in [0.5, 0.6) is 0 Å². The van der Waals surface area contributed by atoms with E-state index in [-0.39, 0.29) is 6.10 Å². The fourth-order valence-electron chi connectivity index (χ4n) is 3.96. The Hall–Kier alpha value is -0.910. The third kappa shape index (κ3) is 3.53. The van der Waals surface area contributed by atoms with Crippen LogP contribution in [-0.4, -0.2) is 64.9 Å². The van der Waals surface area contributed by atoms with Crippen molar-refractivity contribution < 1.29 is 9.63 Å². The van der Waals surface area contributed by atoms with Crippen molar-refractivity contribution >= 4 is 0 Å². The van der Waals surface area contributed by atoms with Gasteiger partial charge >= 0.3 is 0 Å². The van der Waals surface area contributed by atoms with Gasteiger partial charge in [0, 0.05) is 44.3 Å². The zero-order chi connectivity index (χ0) is 15.5. The second-order valence-corrected chi connectivity index (χ2v) is 6.85.